The first-order valence-corrected chi connectivity index (χ1v) is 12.5. The first-order valence-electron chi connectivity index (χ1n) is 11.6. The van der Waals surface area contributed by atoms with E-state index in [1.165, 1.54) is 43.5 Å². The Balaban J connectivity index is 0.000000207. The number of hydrogen-bond acceptors (Lipinski definition) is 4. The molecule has 2 heterocycles. The Hall–Kier alpha value is -2.27. The van der Waals surface area contributed by atoms with Gasteiger partial charge in [-0.15, -0.1) is 0 Å². The number of benzene rings is 2. The molecule has 0 aromatic heterocycles. The third kappa shape index (κ3) is 6.16. The number of likely N-dealkylation sites (tertiary alicyclic amines) is 1. The summed E-state index contributed by atoms with van der Waals surface area (Å²) in [6.45, 7) is 4.57. The molecule has 32 heavy (non-hydrogen) atoms. The number of piperidine rings is 1. The summed E-state index contributed by atoms with van der Waals surface area (Å²) < 4.78 is 11.2. The second-order valence-corrected chi connectivity index (χ2v) is 9.41. The number of nitrogens with zero attached hydrogens (tertiary/aromatic N) is 1. The summed E-state index contributed by atoms with van der Waals surface area (Å²) in [6.07, 6.45) is 13.0. The Kier molecular flexibility index (Phi) is 8.66. The highest BCUT2D eigenvalue weighted by atomic mass is 32.2. The highest BCUT2D eigenvalue weighted by Crippen LogP contribution is 2.49. The molecule has 0 radical (unpaired) electrons. The van der Waals surface area contributed by atoms with Gasteiger partial charge in [0.2, 0.25) is 0 Å². The molecular weight excluding hydrogens is 414 g/mol. The van der Waals surface area contributed by atoms with Crippen LogP contribution in [-0.2, 0) is 4.74 Å². The Bertz CT molecular complexity index is 917. The van der Waals surface area contributed by atoms with Gasteiger partial charge in [0.05, 0.1) is 6.61 Å². The second-order valence-electron chi connectivity index (χ2n) is 8.26. The van der Waals surface area contributed by atoms with Gasteiger partial charge in [-0.05, 0) is 43.6 Å². The van der Waals surface area contributed by atoms with E-state index in [1.807, 2.05) is 42.1 Å². The fraction of sp³-hybridized carbons (Fsp3) is 0.357. The van der Waals surface area contributed by atoms with Crippen LogP contribution in [0.2, 0.25) is 0 Å². The SMILES string of the molecule is C1=CC2SC(Oc3ccccc3)=C(c3ccccc3)C2C=C1.COCCN1CCCCC1. The highest BCUT2D eigenvalue weighted by Gasteiger charge is 2.35. The molecule has 4 heteroatoms. The van der Waals surface area contributed by atoms with E-state index in [0.717, 1.165) is 24.0 Å². The van der Waals surface area contributed by atoms with Crippen LogP contribution < -0.4 is 4.74 Å². The molecule has 5 rings (SSSR count). The molecule has 0 amide bonds. The second kappa shape index (κ2) is 12.1. The summed E-state index contributed by atoms with van der Waals surface area (Å²) in [7, 11) is 1.77. The van der Waals surface area contributed by atoms with Crippen molar-refractivity contribution in [2.75, 3.05) is 33.4 Å². The molecule has 2 aliphatic heterocycles. The van der Waals surface area contributed by atoms with Crippen LogP contribution in [0.25, 0.3) is 5.57 Å². The molecule has 2 unspecified atom stereocenters. The zero-order valence-electron chi connectivity index (χ0n) is 18.9. The van der Waals surface area contributed by atoms with Crippen molar-refractivity contribution < 1.29 is 9.47 Å². The lowest BCUT2D eigenvalue weighted by Gasteiger charge is -2.25. The predicted molar refractivity (Wildman–Crippen MR) is 136 cm³/mol. The normalized spacial score (nSPS) is 22.3. The summed E-state index contributed by atoms with van der Waals surface area (Å²) in [5, 5.41) is 1.45. The van der Waals surface area contributed by atoms with E-state index in [2.05, 4.69) is 59.5 Å². The van der Waals surface area contributed by atoms with Gasteiger partial charge in [0.25, 0.3) is 0 Å². The Labute approximate surface area is 196 Å². The van der Waals surface area contributed by atoms with E-state index >= 15 is 0 Å². The smallest absolute Gasteiger partial charge is 0.165 e. The van der Waals surface area contributed by atoms with Gasteiger partial charge in [-0.3, -0.25) is 0 Å². The van der Waals surface area contributed by atoms with Crippen LogP contribution in [0.3, 0.4) is 0 Å². The molecule has 2 aromatic carbocycles. The average Bonchev–Trinajstić information content (AvgIpc) is 3.23. The van der Waals surface area contributed by atoms with Crippen molar-refractivity contribution >= 4 is 17.3 Å². The fourth-order valence-electron chi connectivity index (χ4n) is 4.29. The number of fused-ring (bicyclic) bond motifs is 1. The van der Waals surface area contributed by atoms with Crippen molar-refractivity contribution in [3.05, 3.63) is 95.6 Å². The van der Waals surface area contributed by atoms with Gasteiger partial charge in [-0.2, -0.15) is 0 Å². The van der Waals surface area contributed by atoms with Crippen LogP contribution in [0.4, 0.5) is 0 Å². The summed E-state index contributed by atoms with van der Waals surface area (Å²) in [6, 6.07) is 20.6. The van der Waals surface area contributed by atoms with E-state index in [0.29, 0.717) is 11.2 Å². The molecule has 1 saturated heterocycles. The molecule has 1 aliphatic carbocycles. The molecular formula is C28H33NO2S. The van der Waals surface area contributed by atoms with Crippen LogP contribution >= 0.6 is 11.8 Å². The maximum Gasteiger partial charge on any atom is 0.165 e. The Morgan fingerprint density at radius 1 is 0.875 bits per heavy atom. The molecule has 3 nitrogen and oxygen atoms in total. The van der Waals surface area contributed by atoms with Crippen LogP contribution in [0.5, 0.6) is 5.75 Å². The molecule has 0 saturated carbocycles. The third-order valence-corrected chi connectivity index (χ3v) is 7.22. The molecule has 3 aliphatic rings. The van der Waals surface area contributed by atoms with Crippen molar-refractivity contribution in [1.82, 2.24) is 4.90 Å². The molecule has 168 valence electrons. The van der Waals surface area contributed by atoms with Gasteiger partial charge in [0.1, 0.15) is 5.75 Å². The summed E-state index contributed by atoms with van der Waals surface area (Å²) in [5.74, 6) is 1.28. The molecule has 0 bridgehead atoms. The molecule has 1 fully saturated rings. The lowest BCUT2D eigenvalue weighted by molar-refractivity contribution is 0.135. The molecule has 2 aromatic rings. The zero-order valence-corrected chi connectivity index (χ0v) is 19.7. The van der Waals surface area contributed by atoms with Gasteiger partial charge in [0.15, 0.2) is 5.09 Å². The standard InChI is InChI=1S/C20H16OS.C8H17NO/c1-3-9-15(10-4-1)19-17-13-7-8-14-18(17)22-20(19)21-16-11-5-2-6-12-16;1-10-8-7-9-5-3-2-4-6-9/h1-14,17-18H;2-8H2,1H3. The maximum absolute atomic E-state index is 6.21. The predicted octanol–water partition coefficient (Wildman–Crippen LogP) is 6.41. The minimum Gasteiger partial charge on any atom is -0.450 e. The monoisotopic (exact) mass is 447 g/mol. The van der Waals surface area contributed by atoms with E-state index in [9.17, 15) is 0 Å². The van der Waals surface area contributed by atoms with Crippen molar-refractivity contribution in [3.8, 4) is 5.75 Å². The summed E-state index contributed by atoms with van der Waals surface area (Å²) in [5.41, 5.74) is 2.54. The minimum absolute atomic E-state index is 0.385. The number of hydrogen-bond donors (Lipinski definition) is 0. The number of allylic oxidation sites excluding steroid dienone is 4. The largest absolute Gasteiger partial charge is 0.450 e. The number of para-hydroxylation sites is 1. The summed E-state index contributed by atoms with van der Waals surface area (Å²) in [4.78, 5) is 2.48. The minimum atomic E-state index is 0.385. The van der Waals surface area contributed by atoms with Crippen molar-refractivity contribution in [2.24, 2.45) is 5.92 Å². The van der Waals surface area contributed by atoms with E-state index in [-0.39, 0.29) is 0 Å². The van der Waals surface area contributed by atoms with Crippen molar-refractivity contribution in [1.29, 1.82) is 0 Å². The maximum atomic E-state index is 6.21. The van der Waals surface area contributed by atoms with Crippen molar-refractivity contribution in [3.63, 3.8) is 0 Å². The van der Waals surface area contributed by atoms with E-state index in [4.69, 9.17) is 9.47 Å². The first kappa shape index (κ1) is 22.9. The van der Waals surface area contributed by atoms with Gasteiger partial charge in [-0.1, -0.05) is 91.0 Å². The topological polar surface area (TPSA) is 21.7 Å². The number of rotatable bonds is 6. The van der Waals surface area contributed by atoms with Gasteiger partial charge in [-0.25, -0.2) is 0 Å². The number of methoxy groups -OCH3 is 1. The summed E-state index contributed by atoms with van der Waals surface area (Å²) >= 11 is 1.81. The fourth-order valence-corrected chi connectivity index (χ4v) is 5.60. The quantitative estimate of drug-likeness (QED) is 0.510. The first-order chi connectivity index (χ1) is 15.8. The highest BCUT2D eigenvalue weighted by molar-refractivity contribution is 8.04. The Morgan fingerprint density at radius 3 is 2.28 bits per heavy atom. The van der Waals surface area contributed by atoms with Crippen molar-refractivity contribution in [2.45, 2.75) is 24.5 Å². The zero-order chi connectivity index (χ0) is 22.0. The molecule has 0 N–H and O–H groups in total. The number of ether oxygens (including phenoxy) is 2. The lowest BCUT2D eigenvalue weighted by atomic mass is 9.88. The lowest BCUT2D eigenvalue weighted by Crippen LogP contribution is -2.32. The molecule has 0 spiro atoms. The van der Waals surface area contributed by atoms with Gasteiger partial charge in [0, 0.05) is 30.4 Å². The molecule has 2 atom stereocenters. The van der Waals surface area contributed by atoms with Gasteiger partial charge < -0.3 is 14.4 Å². The van der Waals surface area contributed by atoms with E-state index in [1.54, 1.807) is 7.11 Å². The van der Waals surface area contributed by atoms with E-state index < -0.39 is 0 Å². The number of thioether (sulfide) groups is 1. The Morgan fingerprint density at radius 2 is 1.56 bits per heavy atom. The average molecular weight is 448 g/mol. The van der Waals surface area contributed by atoms with Crippen LogP contribution in [0.1, 0.15) is 24.8 Å². The van der Waals surface area contributed by atoms with Crippen LogP contribution in [-0.4, -0.2) is 43.5 Å². The van der Waals surface area contributed by atoms with Gasteiger partial charge >= 0.3 is 0 Å². The third-order valence-electron chi connectivity index (χ3n) is 5.98. The van der Waals surface area contributed by atoms with Crippen LogP contribution in [0, 0.1) is 5.92 Å². The van der Waals surface area contributed by atoms with Crippen LogP contribution in [0.15, 0.2) is 90.1 Å².